The molecular formula is C19H20O2. The quantitative estimate of drug-likeness (QED) is 0.605. The summed E-state index contributed by atoms with van der Waals surface area (Å²) in [7, 11) is 0. The van der Waals surface area contributed by atoms with Gasteiger partial charge in [-0.05, 0) is 16.7 Å². The maximum Gasteiger partial charge on any atom is 0.330 e. The third kappa shape index (κ3) is 3.60. The number of hydrogen-bond donors (Lipinski definition) is 0. The van der Waals surface area contributed by atoms with Crippen LogP contribution in [0.25, 0.3) is 0 Å². The zero-order valence-electron chi connectivity index (χ0n) is 12.5. The molecule has 2 nitrogen and oxygen atoms in total. The summed E-state index contributed by atoms with van der Waals surface area (Å²) < 4.78 is 5.03. The van der Waals surface area contributed by atoms with Crippen LogP contribution in [0, 0.1) is 0 Å². The van der Waals surface area contributed by atoms with Gasteiger partial charge in [-0.2, -0.15) is 0 Å². The number of carbonyl (C=O) groups excluding carboxylic acids is 1. The Labute approximate surface area is 126 Å². The lowest BCUT2D eigenvalue weighted by Gasteiger charge is -2.26. The van der Waals surface area contributed by atoms with Crippen LogP contribution in [0.15, 0.2) is 67.3 Å². The van der Waals surface area contributed by atoms with E-state index < -0.39 is 5.97 Å². The Balaban J connectivity index is 2.15. The summed E-state index contributed by atoms with van der Waals surface area (Å²) >= 11 is 0. The lowest BCUT2D eigenvalue weighted by atomic mass is 9.78. The fourth-order valence-electron chi connectivity index (χ4n) is 2.25. The predicted octanol–water partition coefficient (Wildman–Crippen LogP) is 4.24. The molecule has 0 spiro atoms. The lowest BCUT2D eigenvalue weighted by Crippen LogP contribution is -2.18. The largest absolute Gasteiger partial charge is 0.458 e. The summed E-state index contributed by atoms with van der Waals surface area (Å²) in [6.07, 6.45) is 1.17. The fourth-order valence-corrected chi connectivity index (χ4v) is 2.25. The monoisotopic (exact) mass is 280 g/mol. The van der Waals surface area contributed by atoms with Crippen molar-refractivity contribution in [2.75, 3.05) is 0 Å². The second-order valence-electron chi connectivity index (χ2n) is 5.50. The predicted molar refractivity (Wildman–Crippen MR) is 85.0 cm³/mol. The molecule has 108 valence electrons. The van der Waals surface area contributed by atoms with Gasteiger partial charge in [-0.15, -0.1) is 0 Å². The summed E-state index contributed by atoms with van der Waals surface area (Å²) in [5.41, 5.74) is 3.42. The topological polar surface area (TPSA) is 26.3 Å². The zero-order valence-corrected chi connectivity index (χ0v) is 12.5. The van der Waals surface area contributed by atoms with E-state index in [2.05, 4.69) is 56.8 Å². The van der Waals surface area contributed by atoms with Gasteiger partial charge in [0.2, 0.25) is 0 Å². The number of carbonyl (C=O) groups is 1. The zero-order chi connectivity index (χ0) is 15.3. The minimum Gasteiger partial charge on any atom is -0.458 e. The van der Waals surface area contributed by atoms with Crippen molar-refractivity contribution in [1.82, 2.24) is 0 Å². The SMILES string of the molecule is C=CC(=O)OCc1ccc(C(C)(C)c2ccccc2)cc1. The highest BCUT2D eigenvalue weighted by Crippen LogP contribution is 2.31. The van der Waals surface area contributed by atoms with Crippen molar-refractivity contribution in [3.8, 4) is 0 Å². The molecule has 0 aliphatic carbocycles. The van der Waals surface area contributed by atoms with Gasteiger partial charge in [0, 0.05) is 11.5 Å². The average Bonchev–Trinajstić information content (AvgIpc) is 2.53. The van der Waals surface area contributed by atoms with Crippen LogP contribution in [0.5, 0.6) is 0 Å². The fraction of sp³-hybridized carbons (Fsp3) is 0.211. The van der Waals surface area contributed by atoms with Crippen molar-refractivity contribution < 1.29 is 9.53 Å². The van der Waals surface area contributed by atoms with Crippen LogP contribution in [0.4, 0.5) is 0 Å². The molecule has 0 N–H and O–H groups in total. The molecule has 0 fully saturated rings. The molecule has 21 heavy (non-hydrogen) atoms. The molecular weight excluding hydrogens is 260 g/mol. The van der Waals surface area contributed by atoms with E-state index in [1.807, 2.05) is 18.2 Å². The molecule has 0 aromatic heterocycles. The maximum atomic E-state index is 11.1. The second kappa shape index (κ2) is 6.40. The first-order valence-electron chi connectivity index (χ1n) is 6.98. The van der Waals surface area contributed by atoms with Gasteiger partial charge >= 0.3 is 5.97 Å². The van der Waals surface area contributed by atoms with Crippen LogP contribution in [0.3, 0.4) is 0 Å². The van der Waals surface area contributed by atoms with Gasteiger partial charge < -0.3 is 4.74 Å². The van der Waals surface area contributed by atoms with Crippen LogP contribution < -0.4 is 0 Å². The van der Waals surface area contributed by atoms with Crippen molar-refractivity contribution in [3.05, 3.63) is 83.9 Å². The summed E-state index contributed by atoms with van der Waals surface area (Å²) in [4.78, 5) is 11.1. The third-order valence-corrected chi connectivity index (χ3v) is 3.72. The van der Waals surface area contributed by atoms with Gasteiger partial charge in [0.25, 0.3) is 0 Å². The average molecular weight is 280 g/mol. The highest BCUT2D eigenvalue weighted by molar-refractivity contribution is 5.81. The smallest absolute Gasteiger partial charge is 0.330 e. The summed E-state index contributed by atoms with van der Waals surface area (Å²) in [6.45, 7) is 8.06. The first kappa shape index (κ1) is 15.0. The highest BCUT2D eigenvalue weighted by atomic mass is 16.5. The van der Waals surface area contributed by atoms with E-state index in [1.165, 1.54) is 17.2 Å². The Kier molecular flexibility index (Phi) is 4.59. The molecule has 2 rings (SSSR count). The molecule has 0 unspecified atom stereocenters. The Morgan fingerprint density at radius 2 is 1.62 bits per heavy atom. The van der Waals surface area contributed by atoms with Crippen molar-refractivity contribution in [1.29, 1.82) is 0 Å². The molecule has 0 heterocycles. The van der Waals surface area contributed by atoms with E-state index in [9.17, 15) is 4.79 Å². The molecule has 0 aliphatic heterocycles. The molecule has 0 saturated heterocycles. The number of hydrogen-bond acceptors (Lipinski definition) is 2. The molecule has 0 radical (unpaired) electrons. The molecule has 0 saturated carbocycles. The second-order valence-corrected chi connectivity index (χ2v) is 5.50. The number of benzene rings is 2. The van der Waals surface area contributed by atoms with E-state index in [0.717, 1.165) is 5.56 Å². The standard InChI is InChI=1S/C19H20O2/c1-4-18(20)21-14-15-10-12-17(13-11-15)19(2,3)16-8-6-5-7-9-16/h4-13H,1,14H2,2-3H3. The molecule has 0 amide bonds. The van der Waals surface area contributed by atoms with Gasteiger partial charge in [0.15, 0.2) is 0 Å². The molecule has 0 atom stereocenters. The number of rotatable bonds is 5. The van der Waals surface area contributed by atoms with Crippen molar-refractivity contribution in [2.45, 2.75) is 25.9 Å². The number of ether oxygens (including phenoxy) is 1. The van der Waals surface area contributed by atoms with Gasteiger partial charge in [-0.25, -0.2) is 4.79 Å². The van der Waals surface area contributed by atoms with Gasteiger partial charge in [0.05, 0.1) is 0 Å². The molecule has 2 heteroatoms. The van der Waals surface area contributed by atoms with Gasteiger partial charge in [0.1, 0.15) is 6.61 Å². The van der Waals surface area contributed by atoms with Crippen molar-refractivity contribution in [3.63, 3.8) is 0 Å². The van der Waals surface area contributed by atoms with Crippen LogP contribution in [0.1, 0.15) is 30.5 Å². The summed E-state index contributed by atoms with van der Waals surface area (Å²) in [6, 6.07) is 18.6. The van der Waals surface area contributed by atoms with E-state index in [1.54, 1.807) is 0 Å². The Morgan fingerprint density at radius 3 is 2.19 bits per heavy atom. The van der Waals surface area contributed by atoms with E-state index in [0.29, 0.717) is 0 Å². The molecule has 2 aromatic carbocycles. The molecule has 0 aliphatic rings. The minimum atomic E-state index is -0.399. The Bertz CT molecular complexity index is 610. The van der Waals surface area contributed by atoms with E-state index in [-0.39, 0.29) is 12.0 Å². The van der Waals surface area contributed by atoms with E-state index >= 15 is 0 Å². The first-order chi connectivity index (χ1) is 10.0. The van der Waals surface area contributed by atoms with Gasteiger partial charge in [-0.1, -0.05) is 75.0 Å². The van der Waals surface area contributed by atoms with Crippen LogP contribution in [0.2, 0.25) is 0 Å². The van der Waals surface area contributed by atoms with Crippen molar-refractivity contribution >= 4 is 5.97 Å². The summed E-state index contributed by atoms with van der Waals surface area (Å²) in [5.74, 6) is -0.399. The third-order valence-electron chi connectivity index (χ3n) is 3.72. The molecule has 0 bridgehead atoms. The molecule has 2 aromatic rings. The van der Waals surface area contributed by atoms with Crippen LogP contribution >= 0.6 is 0 Å². The Morgan fingerprint density at radius 1 is 1.05 bits per heavy atom. The van der Waals surface area contributed by atoms with Crippen molar-refractivity contribution in [2.24, 2.45) is 0 Å². The van der Waals surface area contributed by atoms with Crippen LogP contribution in [-0.4, -0.2) is 5.97 Å². The summed E-state index contributed by atoms with van der Waals surface area (Å²) in [5, 5.41) is 0. The highest BCUT2D eigenvalue weighted by Gasteiger charge is 2.22. The van der Waals surface area contributed by atoms with E-state index in [4.69, 9.17) is 4.74 Å². The number of esters is 1. The first-order valence-corrected chi connectivity index (χ1v) is 6.98. The Hall–Kier alpha value is -2.35. The minimum absolute atomic E-state index is 0.0580. The van der Waals surface area contributed by atoms with Crippen LogP contribution in [-0.2, 0) is 21.6 Å². The lowest BCUT2D eigenvalue weighted by molar-refractivity contribution is -0.138. The van der Waals surface area contributed by atoms with Gasteiger partial charge in [-0.3, -0.25) is 0 Å². The normalized spacial score (nSPS) is 11.0. The maximum absolute atomic E-state index is 11.1.